The van der Waals surface area contributed by atoms with Gasteiger partial charge in [0.25, 0.3) is 5.91 Å². The van der Waals surface area contributed by atoms with Crippen molar-refractivity contribution in [1.29, 1.82) is 0 Å². The van der Waals surface area contributed by atoms with Crippen molar-refractivity contribution in [2.75, 3.05) is 5.32 Å². The van der Waals surface area contributed by atoms with Crippen molar-refractivity contribution in [3.8, 4) is 16.3 Å². The van der Waals surface area contributed by atoms with Crippen LogP contribution in [0.1, 0.15) is 17.4 Å². The topological polar surface area (TPSA) is 80.3 Å². The van der Waals surface area contributed by atoms with Crippen molar-refractivity contribution in [1.82, 2.24) is 10.3 Å². The van der Waals surface area contributed by atoms with Crippen LogP contribution < -0.4 is 15.4 Å². The van der Waals surface area contributed by atoms with E-state index in [9.17, 15) is 9.59 Å². The minimum absolute atomic E-state index is 0.0628. The van der Waals surface area contributed by atoms with Crippen molar-refractivity contribution < 1.29 is 14.3 Å². The molecule has 3 aromatic rings. The molecule has 0 fully saturated rings. The molecule has 1 aliphatic heterocycles. The van der Waals surface area contributed by atoms with Crippen molar-refractivity contribution >= 4 is 51.2 Å². The van der Waals surface area contributed by atoms with Gasteiger partial charge in [-0.2, -0.15) is 0 Å². The normalized spacial score (nSPS) is 15.0. The Kier molecular flexibility index (Phi) is 5.34. The maximum Gasteiger partial charge on any atom is 0.267 e. The number of fused-ring (bicyclic) bond motifs is 1. The molecule has 2 aromatic heterocycles. The van der Waals surface area contributed by atoms with Crippen molar-refractivity contribution in [3.05, 3.63) is 51.2 Å². The summed E-state index contributed by atoms with van der Waals surface area (Å²) in [6.45, 7) is 1.99. The van der Waals surface area contributed by atoms with E-state index in [-0.39, 0.29) is 11.8 Å². The summed E-state index contributed by atoms with van der Waals surface area (Å²) in [5.41, 5.74) is 1.72. The smallest absolute Gasteiger partial charge is 0.267 e. The van der Waals surface area contributed by atoms with Crippen LogP contribution in [0.5, 0.6) is 5.75 Å². The molecule has 0 radical (unpaired) electrons. The van der Waals surface area contributed by atoms with E-state index in [2.05, 4.69) is 15.6 Å². The van der Waals surface area contributed by atoms with E-state index >= 15 is 0 Å². The Labute approximate surface area is 174 Å². The summed E-state index contributed by atoms with van der Waals surface area (Å²) >= 11 is 8.91. The number of aromatic nitrogens is 1. The van der Waals surface area contributed by atoms with Crippen LogP contribution in [0.25, 0.3) is 10.6 Å². The standard InChI is InChI=1S/C19H16ClN3O3S2/c1-10(24)21-8-13-3-5-17(28-13)14-9-27-19(22-14)23-18(25)16-7-11-6-12(20)2-4-15(11)26-16/h2-6,9,16H,7-8H2,1H3,(H,21,24)(H,22,23,25)/t16-/m1/s1. The fraction of sp³-hybridized carbons (Fsp3) is 0.211. The molecular formula is C19H16ClN3O3S2. The number of carbonyl (C=O) groups is 2. The van der Waals surface area contributed by atoms with Gasteiger partial charge in [0.05, 0.1) is 17.1 Å². The van der Waals surface area contributed by atoms with Gasteiger partial charge in [-0.15, -0.1) is 22.7 Å². The second-order valence-electron chi connectivity index (χ2n) is 6.27. The summed E-state index contributed by atoms with van der Waals surface area (Å²) in [4.78, 5) is 30.1. The van der Waals surface area contributed by atoms with Crippen LogP contribution in [0.3, 0.4) is 0 Å². The van der Waals surface area contributed by atoms with Gasteiger partial charge in [-0.3, -0.25) is 14.9 Å². The molecule has 9 heteroatoms. The molecular weight excluding hydrogens is 418 g/mol. The lowest BCUT2D eigenvalue weighted by Gasteiger charge is -2.09. The molecule has 0 spiro atoms. The molecule has 0 bridgehead atoms. The van der Waals surface area contributed by atoms with E-state index in [0.29, 0.717) is 28.9 Å². The summed E-state index contributed by atoms with van der Waals surface area (Å²) in [7, 11) is 0. The molecule has 0 saturated heterocycles. The van der Waals surface area contributed by atoms with Crippen LogP contribution in [0.2, 0.25) is 5.02 Å². The van der Waals surface area contributed by atoms with Gasteiger partial charge in [0.15, 0.2) is 11.2 Å². The molecule has 144 valence electrons. The number of nitrogens with zero attached hydrogens (tertiary/aromatic N) is 1. The van der Waals surface area contributed by atoms with E-state index in [1.165, 1.54) is 18.3 Å². The molecule has 2 N–H and O–H groups in total. The lowest BCUT2D eigenvalue weighted by atomic mass is 10.1. The molecule has 0 unspecified atom stereocenters. The fourth-order valence-electron chi connectivity index (χ4n) is 2.82. The molecule has 1 atom stereocenters. The van der Waals surface area contributed by atoms with Gasteiger partial charge in [-0.05, 0) is 35.9 Å². The average Bonchev–Trinajstić information content (AvgIpc) is 3.38. The van der Waals surface area contributed by atoms with Gasteiger partial charge in [0.2, 0.25) is 5.91 Å². The van der Waals surface area contributed by atoms with Gasteiger partial charge >= 0.3 is 0 Å². The highest BCUT2D eigenvalue weighted by Crippen LogP contribution is 2.33. The van der Waals surface area contributed by atoms with Gasteiger partial charge < -0.3 is 10.1 Å². The number of hydrogen-bond acceptors (Lipinski definition) is 6. The quantitative estimate of drug-likeness (QED) is 0.634. The third-order valence-corrected chi connectivity index (χ3v) is 6.25. The summed E-state index contributed by atoms with van der Waals surface area (Å²) < 4.78 is 5.71. The zero-order chi connectivity index (χ0) is 19.7. The number of amides is 2. The summed E-state index contributed by atoms with van der Waals surface area (Å²) in [6.07, 6.45) is -0.107. The van der Waals surface area contributed by atoms with E-state index in [0.717, 1.165) is 21.0 Å². The average molecular weight is 434 g/mol. The number of thiazole rings is 1. The molecule has 6 nitrogen and oxygen atoms in total. The summed E-state index contributed by atoms with van der Waals surface area (Å²) in [5, 5.41) is 8.65. The zero-order valence-electron chi connectivity index (χ0n) is 14.8. The van der Waals surface area contributed by atoms with Crippen LogP contribution in [0.15, 0.2) is 35.7 Å². The predicted octanol–water partition coefficient (Wildman–Crippen LogP) is 4.10. The van der Waals surface area contributed by atoms with Crippen molar-refractivity contribution in [3.63, 3.8) is 0 Å². The number of rotatable bonds is 5. The van der Waals surface area contributed by atoms with Gasteiger partial charge in [-0.25, -0.2) is 4.98 Å². The highest BCUT2D eigenvalue weighted by molar-refractivity contribution is 7.17. The van der Waals surface area contributed by atoms with Crippen molar-refractivity contribution in [2.45, 2.75) is 26.0 Å². The fourth-order valence-corrected chi connectivity index (χ4v) is 4.71. The molecule has 0 saturated carbocycles. The molecule has 3 heterocycles. The van der Waals surface area contributed by atoms with Crippen LogP contribution in [-0.2, 0) is 22.6 Å². The maximum atomic E-state index is 12.5. The Bertz CT molecular complexity index is 1050. The number of halogens is 1. The number of anilines is 1. The largest absolute Gasteiger partial charge is 0.480 e. The van der Waals surface area contributed by atoms with Crippen LogP contribution in [0.4, 0.5) is 5.13 Å². The van der Waals surface area contributed by atoms with Crippen LogP contribution in [-0.4, -0.2) is 22.9 Å². The zero-order valence-corrected chi connectivity index (χ0v) is 17.2. The molecule has 2 amide bonds. The third-order valence-electron chi connectivity index (χ3n) is 4.15. The minimum atomic E-state index is -0.591. The molecule has 1 aliphatic rings. The number of carbonyl (C=O) groups excluding carboxylic acids is 2. The third kappa shape index (κ3) is 4.19. The number of hydrogen-bond donors (Lipinski definition) is 2. The second-order valence-corrected chi connectivity index (χ2v) is 8.73. The highest BCUT2D eigenvalue weighted by atomic mass is 35.5. The molecule has 0 aliphatic carbocycles. The first kappa shape index (κ1) is 18.9. The first-order valence-electron chi connectivity index (χ1n) is 8.53. The Hall–Kier alpha value is -2.42. The first-order valence-corrected chi connectivity index (χ1v) is 10.6. The summed E-state index contributed by atoms with van der Waals surface area (Å²) in [6, 6.07) is 9.27. The Morgan fingerprint density at radius 1 is 1.32 bits per heavy atom. The number of thiophene rings is 1. The lowest BCUT2D eigenvalue weighted by molar-refractivity contribution is -0.122. The maximum absolute atomic E-state index is 12.5. The molecule has 4 rings (SSSR count). The minimum Gasteiger partial charge on any atom is -0.480 e. The summed E-state index contributed by atoms with van der Waals surface area (Å²) in [5.74, 6) is 0.396. The Morgan fingerprint density at radius 2 is 2.18 bits per heavy atom. The van der Waals surface area contributed by atoms with E-state index in [4.69, 9.17) is 16.3 Å². The number of nitrogens with one attached hydrogen (secondary N) is 2. The Morgan fingerprint density at radius 3 is 3.00 bits per heavy atom. The first-order chi connectivity index (χ1) is 13.5. The number of ether oxygens (including phenoxy) is 1. The Balaban J connectivity index is 1.39. The van der Waals surface area contributed by atoms with E-state index < -0.39 is 6.10 Å². The van der Waals surface area contributed by atoms with E-state index in [1.54, 1.807) is 23.5 Å². The van der Waals surface area contributed by atoms with Gasteiger partial charge in [0.1, 0.15) is 5.75 Å². The SMILES string of the molecule is CC(=O)NCc1ccc(-c2csc(NC(=O)[C@H]3Cc4cc(Cl)ccc4O3)n2)s1. The van der Waals surface area contributed by atoms with Gasteiger partial charge in [0, 0.05) is 28.6 Å². The molecule has 1 aromatic carbocycles. The number of benzene rings is 1. The van der Waals surface area contributed by atoms with Gasteiger partial charge in [-0.1, -0.05) is 11.6 Å². The predicted molar refractivity (Wildman–Crippen MR) is 111 cm³/mol. The highest BCUT2D eigenvalue weighted by Gasteiger charge is 2.29. The van der Waals surface area contributed by atoms with E-state index in [1.807, 2.05) is 23.6 Å². The second kappa shape index (κ2) is 7.90. The van der Waals surface area contributed by atoms with Crippen LogP contribution in [0, 0.1) is 0 Å². The lowest BCUT2D eigenvalue weighted by Crippen LogP contribution is -2.31. The molecule has 28 heavy (non-hydrogen) atoms. The van der Waals surface area contributed by atoms with Crippen LogP contribution >= 0.6 is 34.3 Å². The van der Waals surface area contributed by atoms with Crippen molar-refractivity contribution in [2.24, 2.45) is 0 Å². The monoisotopic (exact) mass is 433 g/mol.